The smallest absolute Gasteiger partial charge is 0.196 e. The third-order valence-electron chi connectivity index (χ3n) is 3.64. The lowest BCUT2D eigenvalue weighted by Gasteiger charge is -2.43. The van der Waals surface area contributed by atoms with Gasteiger partial charge in [0, 0.05) is 25.2 Å². The van der Waals surface area contributed by atoms with Crippen LogP contribution in [0.25, 0.3) is 0 Å². The normalized spacial score (nSPS) is 24.1. The highest BCUT2D eigenvalue weighted by molar-refractivity contribution is 5.50. The average Bonchev–Trinajstić information content (AvgIpc) is 2.35. The first-order valence-corrected chi connectivity index (χ1v) is 6.55. The van der Waals surface area contributed by atoms with Gasteiger partial charge in [0.25, 0.3) is 0 Å². The number of nitrogens with one attached hydrogen (secondary N) is 1. The largest absolute Gasteiger partial charge is 0.363 e. The van der Waals surface area contributed by atoms with E-state index in [1.165, 1.54) is 6.07 Å². The lowest BCUT2D eigenvalue weighted by atomic mass is 9.98. The van der Waals surface area contributed by atoms with Gasteiger partial charge in [0.1, 0.15) is 0 Å². The summed E-state index contributed by atoms with van der Waals surface area (Å²) < 4.78 is 40.3. The third kappa shape index (κ3) is 2.71. The first-order chi connectivity index (χ1) is 8.91. The zero-order valence-corrected chi connectivity index (χ0v) is 11.4. The molecular formula is C14H19F3N2. The standard InChI is InChI=1S/C14H19F3N2/c1-8(2)12-6-18-9(3)7-19(12)11-5-4-10(15)13(16)14(11)17/h4-5,8-9,12,18H,6-7H2,1-3H3. The summed E-state index contributed by atoms with van der Waals surface area (Å²) in [6.07, 6.45) is 0. The maximum Gasteiger partial charge on any atom is 0.196 e. The molecule has 1 aromatic carbocycles. The SMILES string of the molecule is CC1CN(c2ccc(F)c(F)c2F)C(C(C)C)CN1. The topological polar surface area (TPSA) is 15.3 Å². The second-order valence-corrected chi connectivity index (χ2v) is 5.47. The Morgan fingerprint density at radius 2 is 1.89 bits per heavy atom. The molecule has 2 unspecified atom stereocenters. The Balaban J connectivity index is 2.39. The van der Waals surface area contributed by atoms with Crippen molar-refractivity contribution in [2.75, 3.05) is 18.0 Å². The Morgan fingerprint density at radius 1 is 1.21 bits per heavy atom. The summed E-state index contributed by atoms with van der Waals surface area (Å²) in [5.74, 6) is -3.36. The zero-order valence-electron chi connectivity index (χ0n) is 11.4. The monoisotopic (exact) mass is 272 g/mol. The minimum Gasteiger partial charge on any atom is -0.363 e. The summed E-state index contributed by atoms with van der Waals surface area (Å²) in [6.45, 7) is 7.34. The number of benzene rings is 1. The molecular weight excluding hydrogens is 253 g/mol. The van der Waals surface area contributed by atoms with Crippen LogP contribution in [0.3, 0.4) is 0 Å². The fourth-order valence-corrected chi connectivity index (χ4v) is 2.54. The second kappa shape index (κ2) is 5.41. The molecule has 0 aromatic heterocycles. The second-order valence-electron chi connectivity index (χ2n) is 5.47. The van der Waals surface area contributed by atoms with Crippen molar-refractivity contribution in [1.29, 1.82) is 0 Å². The van der Waals surface area contributed by atoms with Gasteiger partial charge in [0.05, 0.1) is 5.69 Å². The summed E-state index contributed by atoms with van der Waals surface area (Å²) in [5.41, 5.74) is 0.144. The highest BCUT2D eigenvalue weighted by Crippen LogP contribution is 2.28. The number of nitrogens with zero attached hydrogens (tertiary/aromatic N) is 1. The Kier molecular flexibility index (Phi) is 4.04. The molecule has 1 heterocycles. The van der Waals surface area contributed by atoms with Gasteiger partial charge in [-0.2, -0.15) is 0 Å². The van der Waals surface area contributed by atoms with Crippen molar-refractivity contribution in [1.82, 2.24) is 5.32 Å². The molecule has 1 aliphatic heterocycles. The molecule has 5 heteroatoms. The van der Waals surface area contributed by atoms with E-state index in [-0.39, 0.29) is 23.7 Å². The van der Waals surface area contributed by atoms with E-state index in [0.717, 1.165) is 6.07 Å². The van der Waals surface area contributed by atoms with E-state index in [9.17, 15) is 13.2 Å². The van der Waals surface area contributed by atoms with Gasteiger partial charge in [-0.3, -0.25) is 0 Å². The predicted octanol–water partition coefficient (Wildman–Crippen LogP) is 2.93. The van der Waals surface area contributed by atoms with Crippen molar-refractivity contribution >= 4 is 5.69 Å². The van der Waals surface area contributed by atoms with E-state index in [2.05, 4.69) is 5.32 Å². The van der Waals surface area contributed by atoms with Gasteiger partial charge in [-0.15, -0.1) is 0 Å². The first-order valence-electron chi connectivity index (χ1n) is 6.55. The number of hydrogen-bond acceptors (Lipinski definition) is 2. The Labute approximate surface area is 111 Å². The van der Waals surface area contributed by atoms with Crippen LogP contribution >= 0.6 is 0 Å². The first kappa shape index (κ1) is 14.2. The highest BCUT2D eigenvalue weighted by Gasteiger charge is 2.31. The maximum absolute atomic E-state index is 13.9. The molecule has 1 aromatic rings. The van der Waals surface area contributed by atoms with Gasteiger partial charge in [0.15, 0.2) is 17.5 Å². The molecule has 0 radical (unpaired) electrons. The molecule has 0 spiro atoms. The van der Waals surface area contributed by atoms with E-state index >= 15 is 0 Å². The van der Waals surface area contributed by atoms with Crippen LogP contribution in [0.15, 0.2) is 12.1 Å². The van der Waals surface area contributed by atoms with Gasteiger partial charge in [-0.25, -0.2) is 13.2 Å². The van der Waals surface area contributed by atoms with Crippen LogP contribution in [0, 0.1) is 23.4 Å². The van der Waals surface area contributed by atoms with E-state index in [1.807, 2.05) is 25.7 Å². The quantitative estimate of drug-likeness (QED) is 0.833. The molecule has 0 saturated carbocycles. The van der Waals surface area contributed by atoms with Crippen molar-refractivity contribution in [2.24, 2.45) is 5.92 Å². The van der Waals surface area contributed by atoms with Crippen molar-refractivity contribution < 1.29 is 13.2 Å². The van der Waals surface area contributed by atoms with Gasteiger partial charge in [0.2, 0.25) is 0 Å². The van der Waals surface area contributed by atoms with Crippen molar-refractivity contribution in [3.05, 3.63) is 29.6 Å². The number of rotatable bonds is 2. The Hall–Kier alpha value is -1.23. The zero-order chi connectivity index (χ0) is 14.2. The van der Waals surface area contributed by atoms with Crippen LogP contribution in [0.1, 0.15) is 20.8 Å². The van der Waals surface area contributed by atoms with Crippen molar-refractivity contribution in [2.45, 2.75) is 32.9 Å². The van der Waals surface area contributed by atoms with Crippen LogP contribution in [-0.2, 0) is 0 Å². The fourth-order valence-electron chi connectivity index (χ4n) is 2.54. The van der Waals surface area contributed by atoms with Gasteiger partial charge >= 0.3 is 0 Å². The van der Waals surface area contributed by atoms with Crippen molar-refractivity contribution in [3.8, 4) is 0 Å². The van der Waals surface area contributed by atoms with E-state index in [0.29, 0.717) is 13.1 Å². The van der Waals surface area contributed by atoms with Gasteiger partial charge in [-0.05, 0) is 25.0 Å². The maximum atomic E-state index is 13.9. The Morgan fingerprint density at radius 3 is 2.53 bits per heavy atom. The minimum absolute atomic E-state index is 0.0653. The molecule has 1 fully saturated rings. The van der Waals surface area contributed by atoms with Crippen molar-refractivity contribution in [3.63, 3.8) is 0 Å². The lowest BCUT2D eigenvalue weighted by molar-refractivity contribution is 0.343. The molecule has 0 aliphatic carbocycles. The van der Waals surface area contributed by atoms with Crippen LogP contribution in [0.5, 0.6) is 0 Å². The van der Waals surface area contributed by atoms with Crippen LogP contribution < -0.4 is 10.2 Å². The molecule has 1 saturated heterocycles. The highest BCUT2D eigenvalue weighted by atomic mass is 19.2. The number of piperazine rings is 1. The molecule has 19 heavy (non-hydrogen) atoms. The van der Waals surface area contributed by atoms with E-state index in [4.69, 9.17) is 0 Å². The van der Waals surface area contributed by atoms with Crippen LogP contribution in [0.4, 0.5) is 18.9 Å². The van der Waals surface area contributed by atoms with E-state index in [1.54, 1.807) is 0 Å². The number of anilines is 1. The summed E-state index contributed by atoms with van der Waals surface area (Å²) in [7, 11) is 0. The molecule has 2 rings (SSSR count). The summed E-state index contributed by atoms with van der Waals surface area (Å²) in [6, 6.07) is 2.55. The minimum atomic E-state index is -1.40. The van der Waals surface area contributed by atoms with Crippen LogP contribution in [0.2, 0.25) is 0 Å². The molecule has 2 atom stereocenters. The predicted molar refractivity (Wildman–Crippen MR) is 69.8 cm³/mol. The summed E-state index contributed by atoms with van der Waals surface area (Å²) in [4.78, 5) is 1.84. The summed E-state index contributed by atoms with van der Waals surface area (Å²) >= 11 is 0. The number of halogens is 3. The Bertz CT molecular complexity index is 462. The molecule has 0 bridgehead atoms. The summed E-state index contributed by atoms with van der Waals surface area (Å²) in [5, 5.41) is 3.33. The number of hydrogen-bond donors (Lipinski definition) is 1. The average molecular weight is 272 g/mol. The molecule has 1 aliphatic rings. The fraction of sp³-hybridized carbons (Fsp3) is 0.571. The lowest BCUT2D eigenvalue weighted by Crippen LogP contribution is -2.57. The van der Waals surface area contributed by atoms with E-state index < -0.39 is 17.5 Å². The molecule has 0 amide bonds. The molecule has 2 nitrogen and oxygen atoms in total. The molecule has 106 valence electrons. The van der Waals surface area contributed by atoms with Crippen LogP contribution in [-0.4, -0.2) is 25.2 Å². The van der Waals surface area contributed by atoms with Gasteiger partial charge < -0.3 is 10.2 Å². The molecule has 1 N–H and O–H groups in total. The van der Waals surface area contributed by atoms with Gasteiger partial charge in [-0.1, -0.05) is 13.8 Å². The third-order valence-corrected chi connectivity index (χ3v) is 3.64.